The Balaban J connectivity index is 3.02. The van der Waals surface area contributed by atoms with Gasteiger partial charge >= 0.3 is 5.69 Å². The first-order valence-electron chi connectivity index (χ1n) is 7.29. The van der Waals surface area contributed by atoms with E-state index in [2.05, 4.69) is 19.2 Å². The molecule has 0 aromatic heterocycles. The molecule has 8 heteroatoms. The molecule has 0 bridgehead atoms. The van der Waals surface area contributed by atoms with Gasteiger partial charge < -0.3 is 10.4 Å². The van der Waals surface area contributed by atoms with E-state index < -0.39 is 9.73 Å². The van der Waals surface area contributed by atoms with Crippen molar-refractivity contribution in [2.45, 2.75) is 26.7 Å². The Morgan fingerprint density at radius 1 is 1.41 bits per heavy atom. The highest BCUT2D eigenvalue weighted by atomic mass is 16.8. The number of nitro benzene ring substituents is 1. The average Bonchev–Trinajstić information content (AvgIpc) is 2.50. The Morgan fingerprint density at radius 2 is 2.09 bits per heavy atom. The van der Waals surface area contributed by atoms with Crippen molar-refractivity contribution in [2.24, 2.45) is 5.92 Å². The number of aliphatic hydroxyl groups is 1. The number of anilines is 1. The van der Waals surface area contributed by atoms with Crippen LogP contribution < -0.4 is 10.1 Å². The summed E-state index contributed by atoms with van der Waals surface area (Å²) in [6.45, 7) is 4.33. The molecular formula is C14H24N3O5+. The van der Waals surface area contributed by atoms with Crippen LogP contribution >= 0.6 is 0 Å². The maximum Gasteiger partial charge on any atom is 0.337 e. The Kier molecular flexibility index (Phi) is 6.69. The first kappa shape index (κ1) is 18.3. The van der Waals surface area contributed by atoms with Crippen LogP contribution in [0.1, 0.15) is 26.7 Å². The number of hydrogen-bond donors (Lipinski definition) is 4. The van der Waals surface area contributed by atoms with E-state index in [-0.39, 0.29) is 30.9 Å². The minimum Gasteiger partial charge on any atom is -0.396 e. The first-order valence-corrected chi connectivity index (χ1v) is 7.29. The molecule has 0 radical (unpaired) electrons. The van der Waals surface area contributed by atoms with Crippen LogP contribution in [0.4, 0.5) is 17.1 Å². The predicted octanol–water partition coefficient (Wildman–Crippen LogP) is 2.52. The lowest BCUT2D eigenvalue weighted by Crippen LogP contribution is -2.43. The van der Waals surface area contributed by atoms with E-state index in [4.69, 9.17) is 5.11 Å². The normalized spacial score (nSPS) is 13.0. The number of nitro groups is 1. The Bertz CT molecular complexity index is 507. The van der Waals surface area contributed by atoms with Crippen LogP contribution in [0.15, 0.2) is 18.2 Å². The number of hydrogen-bond acceptors (Lipinski definition) is 6. The fourth-order valence-electron chi connectivity index (χ4n) is 1.93. The van der Waals surface area contributed by atoms with Crippen molar-refractivity contribution in [1.29, 1.82) is 0 Å². The molecule has 0 spiro atoms. The molecule has 0 heterocycles. The first-order chi connectivity index (χ1) is 10.3. The standard InChI is InChI=1S/C14H24N3O5/c1-3-11(2)10-15-12-5-6-14(13(9-12)16(19)20)17(21,22)7-4-8-18/h5-6,9,11,15,18,21-22H,3-4,7-8,10H2,1-2H3/q+1. The Hall–Kier alpha value is -1.74. The van der Waals surface area contributed by atoms with Crippen LogP contribution in [0.3, 0.4) is 0 Å². The molecule has 0 aliphatic heterocycles. The topological polar surface area (TPSA) is 116 Å². The molecule has 0 saturated heterocycles. The molecule has 0 aliphatic carbocycles. The van der Waals surface area contributed by atoms with E-state index in [0.717, 1.165) is 6.42 Å². The van der Waals surface area contributed by atoms with Crippen LogP contribution in [0.25, 0.3) is 0 Å². The molecule has 1 aromatic rings. The van der Waals surface area contributed by atoms with Crippen LogP contribution in [0.2, 0.25) is 0 Å². The van der Waals surface area contributed by atoms with Crippen LogP contribution in [0, 0.1) is 16.0 Å². The minimum atomic E-state index is -1.62. The molecule has 124 valence electrons. The van der Waals surface area contributed by atoms with Crippen LogP contribution in [-0.4, -0.2) is 40.1 Å². The molecule has 0 aliphatic rings. The van der Waals surface area contributed by atoms with Crippen molar-refractivity contribution in [2.75, 3.05) is 25.0 Å². The van der Waals surface area contributed by atoms with E-state index in [1.165, 1.54) is 12.1 Å². The second-order valence-electron chi connectivity index (χ2n) is 5.39. The lowest BCUT2D eigenvalue weighted by Gasteiger charge is -2.20. The van der Waals surface area contributed by atoms with Crippen molar-refractivity contribution in [1.82, 2.24) is 4.81 Å². The van der Waals surface area contributed by atoms with Crippen molar-refractivity contribution in [3.05, 3.63) is 28.3 Å². The Labute approximate surface area is 129 Å². The molecular weight excluding hydrogens is 290 g/mol. The highest BCUT2D eigenvalue weighted by Gasteiger charge is 2.35. The summed E-state index contributed by atoms with van der Waals surface area (Å²) in [6, 6.07) is 4.17. The van der Waals surface area contributed by atoms with Crippen molar-refractivity contribution < 1.29 is 20.4 Å². The van der Waals surface area contributed by atoms with E-state index >= 15 is 0 Å². The third-order valence-corrected chi connectivity index (χ3v) is 3.54. The summed E-state index contributed by atoms with van der Waals surface area (Å²) in [6.07, 6.45) is 1.10. The van der Waals surface area contributed by atoms with Gasteiger partial charge in [-0.2, -0.15) is 10.4 Å². The highest BCUT2D eigenvalue weighted by Crippen LogP contribution is 2.33. The number of quaternary nitrogens is 1. The van der Waals surface area contributed by atoms with E-state index in [0.29, 0.717) is 18.2 Å². The van der Waals surface area contributed by atoms with Gasteiger partial charge in [-0.15, -0.1) is 0 Å². The van der Waals surface area contributed by atoms with Crippen molar-refractivity contribution in [3.8, 4) is 0 Å². The number of aliphatic hydroxyl groups excluding tert-OH is 1. The lowest BCUT2D eigenvalue weighted by molar-refractivity contribution is -0.389. The average molecular weight is 314 g/mol. The van der Waals surface area contributed by atoms with Gasteiger partial charge in [-0.25, -0.2) is 0 Å². The van der Waals surface area contributed by atoms with Crippen molar-refractivity contribution >= 4 is 17.1 Å². The monoisotopic (exact) mass is 314 g/mol. The van der Waals surface area contributed by atoms with Gasteiger partial charge in [0.2, 0.25) is 0 Å². The largest absolute Gasteiger partial charge is 0.396 e. The van der Waals surface area contributed by atoms with Crippen molar-refractivity contribution in [3.63, 3.8) is 0 Å². The van der Waals surface area contributed by atoms with E-state index in [1.807, 2.05) is 0 Å². The summed E-state index contributed by atoms with van der Waals surface area (Å²) in [5.74, 6) is 0.425. The van der Waals surface area contributed by atoms with Crippen LogP contribution in [0.5, 0.6) is 0 Å². The summed E-state index contributed by atoms with van der Waals surface area (Å²) in [5, 5.41) is 43.0. The third kappa shape index (κ3) is 4.92. The number of nitrogens with zero attached hydrogens (tertiary/aromatic N) is 2. The van der Waals surface area contributed by atoms with Gasteiger partial charge in [0.1, 0.15) is 6.54 Å². The fraction of sp³-hybridized carbons (Fsp3) is 0.571. The molecule has 4 N–H and O–H groups in total. The zero-order valence-electron chi connectivity index (χ0n) is 12.9. The fourth-order valence-corrected chi connectivity index (χ4v) is 1.93. The van der Waals surface area contributed by atoms with Gasteiger partial charge in [0.05, 0.1) is 4.92 Å². The number of rotatable bonds is 9. The van der Waals surface area contributed by atoms with E-state index in [9.17, 15) is 20.5 Å². The molecule has 0 fully saturated rings. The van der Waals surface area contributed by atoms with Crippen LogP contribution in [-0.2, 0) is 0 Å². The zero-order valence-corrected chi connectivity index (χ0v) is 12.9. The van der Waals surface area contributed by atoms with Gasteiger partial charge in [0.15, 0.2) is 0 Å². The third-order valence-electron chi connectivity index (χ3n) is 3.54. The summed E-state index contributed by atoms with van der Waals surface area (Å²) in [5.41, 5.74) is -0.0532. The quantitative estimate of drug-likeness (QED) is 0.316. The minimum absolute atomic E-state index is 0.109. The van der Waals surface area contributed by atoms with Gasteiger partial charge in [0.25, 0.3) is 5.69 Å². The second kappa shape index (κ2) is 8.04. The number of hydroxylamine groups is 2. The number of benzene rings is 1. The highest BCUT2D eigenvalue weighted by molar-refractivity contribution is 5.65. The maximum absolute atomic E-state index is 11.2. The van der Waals surface area contributed by atoms with Gasteiger partial charge in [0, 0.05) is 37.4 Å². The molecule has 22 heavy (non-hydrogen) atoms. The van der Waals surface area contributed by atoms with Gasteiger partial charge in [-0.3, -0.25) is 10.1 Å². The smallest absolute Gasteiger partial charge is 0.337 e. The number of nitrogens with one attached hydrogen (secondary N) is 1. The van der Waals surface area contributed by atoms with Gasteiger partial charge in [-0.1, -0.05) is 20.3 Å². The summed E-state index contributed by atoms with van der Waals surface area (Å²) < 4.78 is 0. The molecule has 1 unspecified atom stereocenters. The zero-order chi connectivity index (χ0) is 16.8. The molecule has 1 atom stereocenters. The summed E-state index contributed by atoms with van der Waals surface area (Å²) in [4.78, 5) is 8.91. The Morgan fingerprint density at radius 3 is 2.64 bits per heavy atom. The molecule has 1 aromatic carbocycles. The van der Waals surface area contributed by atoms with Gasteiger partial charge in [-0.05, 0) is 16.8 Å². The molecule has 0 saturated carbocycles. The molecule has 0 amide bonds. The summed E-state index contributed by atoms with van der Waals surface area (Å²) >= 11 is 0. The SMILES string of the molecule is CCC(C)CNc1ccc([N+](O)(O)CCCO)c([N+](=O)[O-])c1. The second-order valence-corrected chi connectivity index (χ2v) is 5.39. The lowest BCUT2D eigenvalue weighted by atomic mass is 10.1. The molecule has 1 rings (SSSR count). The maximum atomic E-state index is 11.2. The predicted molar refractivity (Wildman–Crippen MR) is 83.0 cm³/mol. The van der Waals surface area contributed by atoms with E-state index in [1.54, 1.807) is 6.07 Å². The summed E-state index contributed by atoms with van der Waals surface area (Å²) in [7, 11) is 0. The molecule has 8 nitrogen and oxygen atoms in total.